The Morgan fingerprint density at radius 3 is 1.70 bits per heavy atom. The van der Waals surface area contributed by atoms with Crippen LogP contribution < -0.4 is 45.1 Å². The third-order valence-corrected chi connectivity index (χ3v) is 10.9. The zero-order chi connectivity index (χ0) is 46.0. The normalized spacial score (nSPS) is 12.5. The Bertz CT molecular complexity index is 2920. The summed E-state index contributed by atoms with van der Waals surface area (Å²) < 4.78 is 22.5. The van der Waals surface area contributed by atoms with Crippen LogP contribution >= 0.6 is 0 Å². The quantitative estimate of drug-likeness (QED) is 0.0678. The highest BCUT2D eigenvalue weighted by Gasteiger charge is 2.22. The average molecular weight is 897 g/mol. The minimum absolute atomic E-state index is 0.369. The van der Waals surface area contributed by atoms with E-state index < -0.39 is 0 Å². The Labute approximate surface area is 387 Å². The van der Waals surface area contributed by atoms with Gasteiger partial charge in [-0.25, -0.2) is 9.97 Å². The van der Waals surface area contributed by atoms with Crippen LogP contribution in [0.15, 0.2) is 134 Å². The lowest BCUT2D eigenvalue weighted by atomic mass is 10.1. The smallest absolute Gasteiger partial charge is 0.229 e. The minimum Gasteiger partial charge on any atom is -0.495 e. The first-order chi connectivity index (χ1) is 33.0. The van der Waals surface area contributed by atoms with E-state index in [0.29, 0.717) is 58.7 Å². The molecule has 0 bridgehead atoms. The summed E-state index contributed by atoms with van der Waals surface area (Å²) in [6, 6.07) is 30.7. The van der Waals surface area contributed by atoms with Gasteiger partial charge in [0, 0.05) is 99.5 Å². The number of piperazine rings is 1. The largest absolute Gasteiger partial charge is 0.495 e. The summed E-state index contributed by atoms with van der Waals surface area (Å²) in [6.07, 6.45) is 10.6. The second-order valence-electron chi connectivity index (χ2n) is 15.2. The number of pyridine rings is 4. The number of ether oxygens (including phenoxy) is 4. The molecule has 0 saturated carbocycles. The molecule has 7 heterocycles. The van der Waals surface area contributed by atoms with Crippen molar-refractivity contribution in [3.8, 4) is 45.8 Å². The van der Waals surface area contributed by atoms with Crippen molar-refractivity contribution in [2.75, 3.05) is 80.8 Å². The summed E-state index contributed by atoms with van der Waals surface area (Å²) in [6.45, 7) is 3.99. The van der Waals surface area contributed by atoms with Gasteiger partial charge in [0.1, 0.15) is 28.8 Å². The maximum absolute atomic E-state index is 5.92. The van der Waals surface area contributed by atoms with Crippen molar-refractivity contribution < 1.29 is 18.9 Å². The van der Waals surface area contributed by atoms with Crippen molar-refractivity contribution in [3.63, 3.8) is 0 Å². The van der Waals surface area contributed by atoms with E-state index in [1.165, 1.54) is 0 Å². The van der Waals surface area contributed by atoms with Gasteiger partial charge in [0.2, 0.25) is 17.6 Å². The first-order valence-corrected chi connectivity index (χ1v) is 21.4. The molecule has 18 nitrogen and oxygen atoms in total. The molecule has 1 saturated heterocycles. The van der Waals surface area contributed by atoms with Gasteiger partial charge in [-0.05, 0) is 72.3 Å². The van der Waals surface area contributed by atoms with E-state index in [9.17, 15) is 0 Å². The SMILES string of the molecule is COc1cc(Nc2nccc(Nc3cccnc3-c3ccccn3)n2)ccc1N1CCN(Cc2cnc(-c3ccccn3)c(Nc3ccnc(Nc4cc(OC)c(OC)c(OC)c4)n3)c2)CC1. The summed E-state index contributed by atoms with van der Waals surface area (Å²) in [7, 11) is 6.40. The molecule has 67 heavy (non-hydrogen) atoms. The Morgan fingerprint density at radius 2 is 1.09 bits per heavy atom. The van der Waals surface area contributed by atoms with Crippen molar-refractivity contribution in [2.45, 2.75) is 6.54 Å². The van der Waals surface area contributed by atoms with Gasteiger partial charge in [-0.2, -0.15) is 9.97 Å². The molecule has 0 amide bonds. The molecule has 9 rings (SSSR count). The Hall–Kier alpha value is -8.64. The Kier molecular flexibility index (Phi) is 13.3. The molecule has 8 aromatic rings. The van der Waals surface area contributed by atoms with Crippen LogP contribution in [0.25, 0.3) is 22.8 Å². The minimum atomic E-state index is 0.369. The second kappa shape index (κ2) is 20.5. The lowest BCUT2D eigenvalue weighted by molar-refractivity contribution is 0.249. The van der Waals surface area contributed by atoms with Crippen LogP contribution in [0.2, 0.25) is 0 Å². The molecule has 1 aliphatic rings. The van der Waals surface area contributed by atoms with Gasteiger partial charge in [0.15, 0.2) is 11.5 Å². The molecule has 0 aliphatic carbocycles. The van der Waals surface area contributed by atoms with Crippen LogP contribution in [-0.4, -0.2) is 99.4 Å². The summed E-state index contributed by atoms with van der Waals surface area (Å²) in [5, 5.41) is 13.5. The molecular formula is C49H48N14O4. The average Bonchev–Trinajstić information content (AvgIpc) is 3.37. The number of nitrogens with zero attached hydrogens (tertiary/aromatic N) is 10. The lowest BCUT2D eigenvalue weighted by Crippen LogP contribution is -2.46. The molecule has 0 radical (unpaired) electrons. The van der Waals surface area contributed by atoms with Crippen LogP contribution in [0.5, 0.6) is 23.0 Å². The van der Waals surface area contributed by atoms with Crippen molar-refractivity contribution in [2.24, 2.45) is 0 Å². The topological polar surface area (TPSA) is 195 Å². The summed E-state index contributed by atoms with van der Waals surface area (Å²) in [5.74, 6) is 4.24. The molecule has 0 spiro atoms. The number of anilines is 9. The maximum Gasteiger partial charge on any atom is 0.229 e. The van der Waals surface area contributed by atoms with E-state index in [4.69, 9.17) is 33.9 Å². The van der Waals surface area contributed by atoms with Crippen molar-refractivity contribution >= 4 is 52.0 Å². The van der Waals surface area contributed by atoms with Gasteiger partial charge in [-0.15, -0.1) is 0 Å². The molecular weight excluding hydrogens is 849 g/mol. The molecule has 0 unspecified atom stereocenters. The zero-order valence-corrected chi connectivity index (χ0v) is 37.3. The van der Waals surface area contributed by atoms with Crippen LogP contribution in [0, 0.1) is 0 Å². The Balaban J connectivity index is 0.854. The van der Waals surface area contributed by atoms with Gasteiger partial charge >= 0.3 is 0 Å². The number of hydrogen-bond acceptors (Lipinski definition) is 18. The summed E-state index contributed by atoms with van der Waals surface area (Å²) >= 11 is 0. The molecule has 338 valence electrons. The number of methoxy groups -OCH3 is 4. The van der Waals surface area contributed by atoms with Crippen molar-refractivity contribution in [1.29, 1.82) is 0 Å². The number of benzene rings is 2. The maximum atomic E-state index is 5.92. The van der Waals surface area contributed by atoms with E-state index in [1.54, 1.807) is 77.6 Å². The standard InChI is InChI=1S/C49H48N14O4/c1-64-40-27-33(56-48-53-20-15-43(60-48)58-37-12-9-19-52-45(37)35-10-5-7-17-50-35)13-14-39(40)63-24-22-62(23-25-63)31-32-26-38(46(55-30-32)36-11-6-8-18-51-36)59-44-16-21-54-49(61-44)57-34-28-41(65-2)47(67-4)42(29-34)66-3/h5-21,26-30H,22-25,31H2,1-4H3,(H2,53,56,58,60)(H2,54,57,59,61). The molecule has 4 N–H and O–H groups in total. The highest BCUT2D eigenvalue weighted by Crippen LogP contribution is 2.41. The molecule has 1 aliphatic heterocycles. The van der Waals surface area contributed by atoms with Crippen LogP contribution in [0.4, 0.5) is 52.0 Å². The summed E-state index contributed by atoms with van der Waals surface area (Å²) in [5.41, 5.74) is 8.00. The third kappa shape index (κ3) is 10.3. The summed E-state index contributed by atoms with van der Waals surface area (Å²) in [4.78, 5) is 41.7. The van der Waals surface area contributed by atoms with E-state index in [0.717, 1.165) is 77.3 Å². The van der Waals surface area contributed by atoms with Gasteiger partial charge in [-0.1, -0.05) is 12.1 Å². The highest BCUT2D eigenvalue weighted by molar-refractivity contribution is 5.77. The molecule has 2 aromatic carbocycles. The van der Waals surface area contributed by atoms with E-state index in [2.05, 4.69) is 68.1 Å². The zero-order valence-electron chi connectivity index (χ0n) is 37.3. The molecule has 0 atom stereocenters. The number of rotatable bonds is 17. The molecule has 6 aromatic heterocycles. The van der Waals surface area contributed by atoms with E-state index >= 15 is 0 Å². The van der Waals surface area contributed by atoms with Crippen molar-refractivity contribution in [3.05, 3.63) is 140 Å². The predicted octanol–water partition coefficient (Wildman–Crippen LogP) is 8.51. The fraction of sp³-hybridized carbons (Fsp3) is 0.184. The van der Waals surface area contributed by atoms with Gasteiger partial charge in [-0.3, -0.25) is 24.8 Å². The number of aromatic nitrogens is 8. The van der Waals surface area contributed by atoms with Crippen LogP contribution in [-0.2, 0) is 6.54 Å². The van der Waals surface area contributed by atoms with E-state index in [1.807, 2.05) is 72.9 Å². The van der Waals surface area contributed by atoms with Crippen LogP contribution in [0.3, 0.4) is 0 Å². The number of nitrogens with one attached hydrogen (secondary N) is 4. The fourth-order valence-corrected chi connectivity index (χ4v) is 7.70. The first-order valence-electron chi connectivity index (χ1n) is 21.4. The van der Waals surface area contributed by atoms with Gasteiger partial charge in [0.25, 0.3) is 0 Å². The highest BCUT2D eigenvalue weighted by atomic mass is 16.5. The lowest BCUT2D eigenvalue weighted by Gasteiger charge is -2.36. The van der Waals surface area contributed by atoms with Crippen molar-refractivity contribution in [1.82, 2.24) is 44.8 Å². The second-order valence-corrected chi connectivity index (χ2v) is 15.2. The third-order valence-electron chi connectivity index (χ3n) is 10.9. The van der Waals surface area contributed by atoms with Gasteiger partial charge in [0.05, 0.1) is 56.9 Å². The predicted molar refractivity (Wildman–Crippen MR) is 259 cm³/mol. The van der Waals surface area contributed by atoms with Gasteiger partial charge < -0.3 is 45.1 Å². The molecule has 18 heteroatoms. The fourth-order valence-electron chi connectivity index (χ4n) is 7.70. The monoisotopic (exact) mass is 896 g/mol. The first kappa shape index (κ1) is 43.6. The molecule has 1 fully saturated rings. The van der Waals surface area contributed by atoms with E-state index in [-0.39, 0.29) is 0 Å². The van der Waals surface area contributed by atoms with Crippen LogP contribution in [0.1, 0.15) is 5.56 Å². The number of hydrogen-bond donors (Lipinski definition) is 4. The Morgan fingerprint density at radius 1 is 0.493 bits per heavy atom.